The van der Waals surface area contributed by atoms with E-state index in [4.69, 9.17) is 11.6 Å². The minimum Gasteiger partial charge on any atom is -0.352 e. The van der Waals surface area contributed by atoms with Crippen molar-refractivity contribution in [1.82, 2.24) is 10.2 Å². The second-order valence-corrected chi connectivity index (χ2v) is 10.5. The molecule has 7 nitrogen and oxygen atoms in total. The smallest absolute Gasteiger partial charge is 0.242 e. The van der Waals surface area contributed by atoms with E-state index in [-0.39, 0.29) is 37.4 Å². The van der Waals surface area contributed by atoms with Crippen LogP contribution in [-0.2, 0) is 26.2 Å². The molecule has 2 aromatic carbocycles. The maximum atomic E-state index is 13.2. The first kappa shape index (κ1) is 26.7. The van der Waals surface area contributed by atoms with E-state index in [0.717, 1.165) is 11.8 Å². The number of halogens is 1. The first-order valence-corrected chi connectivity index (χ1v) is 13.1. The van der Waals surface area contributed by atoms with Gasteiger partial charge >= 0.3 is 0 Å². The number of amides is 2. The second-order valence-electron chi connectivity index (χ2n) is 8.23. The molecule has 2 amide bonds. The molecule has 33 heavy (non-hydrogen) atoms. The molecule has 0 saturated heterocycles. The summed E-state index contributed by atoms with van der Waals surface area (Å²) < 4.78 is 25.9. The fourth-order valence-corrected chi connectivity index (χ4v) is 4.56. The van der Waals surface area contributed by atoms with Crippen LogP contribution in [0.25, 0.3) is 0 Å². The van der Waals surface area contributed by atoms with Gasteiger partial charge in [-0.3, -0.25) is 13.9 Å². The maximum absolute atomic E-state index is 13.2. The lowest BCUT2D eigenvalue weighted by molar-refractivity contribution is -0.140. The average molecular weight is 494 g/mol. The molecule has 0 saturated carbocycles. The Hall–Kier alpha value is -2.58. The Morgan fingerprint density at radius 2 is 1.61 bits per heavy atom. The van der Waals surface area contributed by atoms with E-state index in [0.29, 0.717) is 17.1 Å². The first-order valence-electron chi connectivity index (χ1n) is 10.9. The predicted octanol–water partition coefficient (Wildman–Crippen LogP) is 3.83. The molecule has 9 heteroatoms. The second kappa shape index (κ2) is 12.0. The lowest BCUT2D eigenvalue weighted by atomic mass is 10.1. The van der Waals surface area contributed by atoms with Crippen molar-refractivity contribution in [3.63, 3.8) is 0 Å². The van der Waals surface area contributed by atoms with Gasteiger partial charge in [-0.05, 0) is 51.0 Å². The highest BCUT2D eigenvalue weighted by Crippen LogP contribution is 2.21. The fraction of sp³-hybridized carbons (Fsp3) is 0.417. The van der Waals surface area contributed by atoms with Gasteiger partial charge in [0.15, 0.2) is 0 Å². The Balaban J connectivity index is 2.16. The maximum Gasteiger partial charge on any atom is 0.242 e. The van der Waals surface area contributed by atoms with Gasteiger partial charge in [-0.25, -0.2) is 8.42 Å². The van der Waals surface area contributed by atoms with Crippen molar-refractivity contribution in [2.75, 3.05) is 17.1 Å². The van der Waals surface area contributed by atoms with Gasteiger partial charge < -0.3 is 10.2 Å². The number of sulfonamides is 1. The molecule has 0 bridgehead atoms. The number of nitrogens with zero attached hydrogens (tertiary/aromatic N) is 2. The van der Waals surface area contributed by atoms with E-state index < -0.39 is 16.1 Å². The monoisotopic (exact) mass is 493 g/mol. The van der Waals surface area contributed by atoms with Crippen molar-refractivity contribution < 1.29 is 18.0 Å². The third-order valence-electron chi connectivity index (χ3n) is 5.09. The molecule has 0 aliphatic rings. The summed E-state index contributed by atoms with van der Waals surface area (Å²) in [4.78, 5) is 27.3. The Morgan fingerprint density at radius 3 is 2.18 bits per heavy atom. The number of carbonyl (C=O) groups excluding carboxylic acids is 2. The van der Waals surface area contributed by atoms with Crippen LogP contribution in [-0.4, -0.2) is 50.0 Å². The fourth-order valence-electron chi connectivity index (χ4n) is 3.40. The van der Waals surface area contributed by atoms with Crippen LogP contribution in [0.1, 0.15) is 39.2 Å². The van der Waals surface area contributed by atoms with Crippen molar-refractivity contribution >= 4 is 39.1 Å². The van der Waals surface area contributed by atoms with E-state index in [1.54, 1.807) is 43.3 Å². The summed E-state index contributed by atoms with van der Waals surface area (Å²) in [5, 5.41) is 3.35. The molecule has 0 heterocycles. The third-order valence-corrected chi connectivity index (χ3v) is 6.66. The molecule has 1 unspecified atom stereocenters. The number of carbonyl (C=O) groups is 2. The number of anilines is 1. The minimum absolute atomic E-state index is 0.0635. The molecule has 0 fully saturated rings. The van der Waals surface area contributed by atoms with Gasteiger partial charge in [0.05, 0.1) is 11.9 Å². The average Bonchev–Trinajstić information content (AvgIpc) is 2.74. The largest absolute Gasteiger partial charge is 0.352 e. The number of nitrogens with one attached hydrogen (secondary N) is 1. The molecule has 0 radical (unpaired) electrons. The zero-order valence-electron chi connectivity index (χ0n) is 19.5. The molecular formula is C24H32ClN3O4S. The van der Waals surface area contributed by atoms with Crippen molar-refractivity contribution in [3.8, 4) is 0 Å². The van der Waals surface area contributed by atoms with Crippen molar-refractivity contribution in [2.45, 2.75) is 52.2 Å². The zero-order valence-corrected chi connectivity index (χ0v) is 21.1. The molecule has 0 aliphatic carbocycles. The van der Waals surface area contributed by atoms with Crippen LogP contribution in [0.15, 0.2) is 54.6 Å². The lowest BCUT2D eigenvalue weighted by Gasteiger charge is -2.30. The molecule has 1 N–H and O–H groups in total. The van der Waals surface area contributed by atoms with Crippen LogP contribution in [0.5, 0.6) is 0 Å². The van der Waals surface area contributed by atoms with Gasteiger partial charge in [0, 0.05) is 30.6 Å². The third kappa shape index (κ3) is 8.05. The normalized spacial score (nSPS) is 12.3. The Morgan fingerprint density at radius 1 is 1.00 bits per heavy atom. The molecule has 0 aromatic heterocycles. The number of para-hydroxylation sites is 1. The van der Waals surface area contributed by atoms with Gasteiger partial charge in [-0.15, -0.1) is 0 Å². The lowest BCUT2D eigenvalue weighted by Crippen LogP contribution is -2.49. The number of hydrogen-bond donors (Lipinski definition) is 1. The summed E-state index contributed by atoms with van der Waals surface area (Å²) in [7, 11) is -3.51. The van der Waals surface area contributed by atoms with E-state index in [1.807, 2.05) is 32.0 Å². The van der Waals surface area contributed by atoms with Gasteiger partial charge in [-0.1, -0.05) is 48.0 Å². The number of rotatable bonds is 11. The van der Waals surface area contributed by atoms with Crippen LogP contribution in [0.4, 0.5) is 5.69 Å². The molecule has 0 aliphatic heterocycles. The highest BCUT2D eigenvalue weighted by molar-refractivity contribution is 7.92. The SMILES string of the molecule is CC(C)NC(=O)C(C)N(Cc1ccccc1Cl)C(=O)CCCN(c1ccccc1)S(C)(=O)=O. The van der Waals surface area contributed by atoms with E-state index in [2.05, 4.69) is 5.32 Å². The Kier molecular flexibility index (Phi) is 9.73. The van der Waals surface area contributed by atoms with Crippen LogP contribution < -0.4 is 9.62 Å². The van der Waals surface area contributed by atoms with Gasteiger partial charge in [0.1, 0.15) is 6.04 Å². The summed E-state index contributed by atoms with van der Waals surface area (Å²) in [5.74, 6) is -0.504. The highest BCUT2D eigenvalue weighted by atomic mass is 35.5. The van der Waals surface area contributed by atoms with Crippen molar-refractivity contribution in [3.05, 3.63) is 65.2 Å². The molecule has 2 aromatic rings. The summed E-state index contributed by atoms with van der Waals surface area (Å²) in [6, 6.07) is 15.2. The van der Waals surface area contributed by atoms with Crippen molar-refractivity contribution in [2.24, 2.45) is 0 Å². The standard InChI is InChI=1S/C24H32ClN3O4S/c1-18(2)26-24(30)19(3)27(17-20-11-8-9-14-22(20)25)23(29)15-10-16-28(33(4,31)32)21-12-6-5-7-13-21/h5-9,11-14,18-19H,10,15-17H2,1-4H3,(H,26,30). The summed E-state index contributed by atoms with van der Waals surface area (Å²) in [5.41, 5.74) is 1.28. The molecular weight excluding hydrogens is 462 g/mol. The quantitative estimate of drug-likeness (QED) is 0.515. The minimum atomic E-state index is -3.51. The molecule has 1 atom stereocenters. The Bertz CT molecular complexity index is 1040. The van der Waals surface area contributed by atoms with Gasteiger partial charge in [-0.2, -0.15) is 0 Å². The molecule has 180 valence electrons. The topological polar surface area (TPSA) is 86.8 Å². The van der Waals surface area contributed by atoms with Gasteiger partial charge in [0.2, 0.25) is 21.8 Å². The van der Waals surface area contributed by atoms with Crippen LogP contribution in [0.3, 0.4) is 0 Å². The Labute approximate surface area is 201 Å². The van der Waals surface area contributed by atoms with E-state index in [1.165, 1.54) is 9.21 Å². The predicted molar refractivity (Wildman–Crippen MR) is 133 cm³/mol. The van der Waals surface area contributed by atoms with E-state index >= 15 is 0 Å². The highest BCUT2D eigenvalue weighted by Gasteiger charge is 2.27. The summed E-state index contributed by atoms with van der Waals surface area (Å²) in [6.07, 6.45) is 1.53. The van der Waals surface area contributed by atoms with Crippen LogP contribution in [0, 0.1) is 0 Å². The van der Waals surface area contributed by atoms with Crippen LogP contribution in [0.2, 0.25) is 5.02 Å². The van der Waals surface area contributed by atoms with E-state index in [9.17, 15) is 18.0 Å². The first-order chi connectivity index (χ1) is 15.5. The zero-order chi connectivity index (χ0) is 24.6. The molecule has 0 spiro atoms. The number of hydrogen-bond acceptors (Lipinski definition) is 4. The summed E-state index contributed by atoms with van der Waals surface area (Å²) >= 11 is 6.29. The van der Waals surface area contributed by atoms with Crippen molar-refractivity contribution in [1.29, 1.82) is 0 Å². The molecule has 2 rings (SSSR count). The van der Waals surface area contributed by atoms with Gasteiger partial charge in [0.25, 0.3) is 0 Å². The van der Waals surface area contributed by atoms with Crippen LogP contribution >= 0.6 is 11.6 Å². The summed E-state index contributed by atoms with van der Waals surface area (Å²) in [6.45, 7) is 5.72. The number of benzene rings is 2.